The second kappa shape index (κ2) is 9.72. The van der Waals surface area contributed by atoms with Crippen LogP contribution in [0.4, 0.5) is 10.1 Å². The number of furan rings is 1. The van der Waals surface area contributed by atoms with Gasteiger partial charge in [-0.25, -0.2) is 4.39 Å². The summed E-state index contributed by atoms with van der Waals surface area (Å²) in [5, 5.41) is 2.69. The highest BCUT2D eigenvalue weighted by molar-refractivity contribution is 5.90. The van der Waals surface area contributed by atoms with Crippen molar-refractivity contribution in [3.05, 3.63) is 78.3 Å². The fourth-order valence-corrected chi connectivity index (χ4v) is 4.21. The number of nitrogens with zero attached hydrogens (tertiary/aromatic N) is 1. The van der Waals surface area contributed by atoms with Gasteiger partial charge in [0.25, 0.3) is 0 Å². The predicted molar refractivity (Wildman–Crippen MR) is 116 cm³/mol. The molecule has 1 aromatic heterocycles. The van der Waals surface area contributed by atoms with E-state index in [4.69, 9.17) is 4.42 Å². The van der Waals surface area contributed by atoms with Gasteiger partial charge in [-0.05, 0) is 61.6 Å². The van der Waals surface area contributed by atoms with Crippen LogP contribution in [-0.4, -0.2) is 23.9 Å². The van der Waals surface area contributed by atoms with Crippen LogP contribution in [0.3, 0.4) is 0 Å². The zero-order chi connectivity index (χ0) is 20.8. The molecule has 0 aliphatic carbocycles. The van der Waals surface area contributed by atoms with Gasteiger partial charge in [-0.15, -0.1) is 0 Å². The van der Waals surface area contributed by atoms with E-state index in [1.807, 2.05) is 18.2 Å². The number of carbonyl (C=O) groups excluding carboxylic acids is 1. The van der Waals surface area contributed by atoms with Crippen LogP contribution in [0.15, 0.2) is 71.3 Å². The van der Waals surface area contributed by atoms with E-state index in [2.05, 4.69) is 28.4 Å². The second-order valence-corrected chi connectivity index (χ2v) is 7.94. The largest absolute Gasteiger partial charge is 0.464 e. The Morgan fingerprint density at radius 2 is 1.93 bits per heavy atom. The van der Waals surface area contributed by atoms with Crippen molar-refractivity contribution >= 4 is 11.6 Å². The maximum atomic E-state index is 13.7. The Hall–Kier alpha value is -2.92. The number of carbonyl (C=O) groups is 1. The molecule has 1 unspecified atom stereocenters. The smallest absolute Gasteiger partial charge is 0.224 e. The van der Waals surface area contributed by atoms with Gasteiger partial charge in [-0.1, -0.05) is 36.4 Å². The molecule has 1 atom stereocenters. The molecule has 1 fully saturated rings. The van der Waals surface area contributed by atoms with Gasteiger partial charge in [0.2, 0.25) is 5.91 Å². The molecule has 5 heteroatoms. The number of amides is 1. The molecule has 3 aromatic rings. The quantitative estimate of drug-likeness (QED) is 0.546. The zero-order valence-corrected chi connectivity index (χ0v) is 17.0. The van der Waals surface area contributed by atoms with Gasteiger partial charge in [-0.3, -0.25) is 9.69 Å². The molecule has 2 heterocycles. The topological polar surface area (TPSA) is 45.5 Å². The first kappa shape index (κ1) is 20.4. The molecule has 1 N–H and O–H groups in total. The number of nitrogens with one attached hydrogen (secondary N) is 1. The molecule has 1 aliphatic heterocycles. The lowest BCUT2D eigenvalue weighted by Gasteiger charge is -2.33. The van der Waals surface area contributed by atoms with Crippen molar-refractivity contribution in [2.24, 2.45) is 5.92 Å². The number of halogens is 1. The van der Waals surface area contributed by atoms with Crippen molar-refractivity contribution in [1.82, 2.24) is 4.90 Å². The van der Waals surface area contributed by atoms with Crippen LogP contribution in [0.1, 0.15) is 31.2 Å². The van der Waals surface area contributed by atoms with Crippen LogP contribution < -0.4 is 5.32 Å². The van der Waals surface area contributed by atoms with E-state index in [1.165, 1.54) is 11.6 Å². The fraction of sp³-hybridized carbons (Fsp3) is 0.320. The first-order chi connectivity index (χ1) is 14.7. The van der Waals surface area contributed by atoms with Crippen molar-refractivity contribution in [1.29, 1.82) is 0 Å². The molecule has 0 radical (unpaired) electrons. The van der Waals surface area contributed by atoms with E-state index in [9.17, 15) is 9.18 Å². The summed E-state index contributed by atoms with van der Waals surface area (Å²) in [5.74, 6) is 0.843. The molecule has 0 saturated carbocycles. The van der Waals surface area contributed by atoms with Gasteiger partial charge in [0, 0.05) is 25.1 Å². The van der Waals surface area contributed by atoms with E-state index in [-0.39, 0.29) is 11.6 Å². The minimum atomic E-state index is -0.398. The molecular weight excluding hydrogens is 379 g/mol. The van der Waals surface area contributed by atoms with Crippen LogP contribution in [0.25, 0.3) is 11.3 Å². The number of para-hydroxylation sites is 1. The van der Waals surface area contributed by atoms with Gasteiger partial charge in [-0.2, -0.15) is 0 Å². The maximum Gasteiger partial charge on any atom is 0.224 e. The van der Waals surface area contributed by atoms with E-state index in [1.54, 1.807) is 24.5 Å². The van der Waals surface area contributed by atoms with Crippen LogP contribution >= 0.6 is 0 Å². The number of hydrogen-bond donors (Lipinski definition) is 1. The summed E-state index contributed by atoms with van der Waals surface area (Å²) in [5.41, 5.74) is 2.64. The standard InChI is InChI=1S/C25H27FN2O2/c26-22-10-3-4-11-23(22)27-25(29)14-13-19-7-5-15-28(17-19)18-20-8-1-2-9-21(20)24-12-6-16-30-24/h1-4,6,8-12,16,19H,5,7,13-15,17-18H2,(H,27,29). The van der Waals surface area contributed by atoms with E-state index >= 15 is 0 Å². The predicted octanol–water partition coefficient (Wildman–Crippen LogP) is 5.72. The second-order valence-electron chi connectivity index (χ2n) is 7.94. The summed E-state index contributed by atoms with van der Waals surface area (Å²) in [7, 11) is 0. The summed E-state index contributed by atoms with van der Waals surface area (Å²) in [6.07, 6.45) is 5.19. The monoisotopic (exact) mass is 406 g/mol. The Morgan fingerprint density at radius 3 is 2.77 bits per heavy atom. The lowest BCUT2D eigenvalue weighted by atomic mass is 9.92. The SMILES string of the molecule is O=C(CCC1CCCN(Cc2ccccc2-c2ccco2)C1)Nc1ccccc1F. The molecule has 0 bridgehead atoms. The molecule has 2 aromatic carbocycles. The third kappa shape index (κ3) is 5.16. The Labute approximate surface area is 176 Å². The lowest BCUT2D eigenvalue weighted by Crippen LogP contribution is -2.35. The number of rotatable bonds is 7. The normalized spacial score (nSPS) is 17.0. The number of anilines is 1. The highest BCUT2D eigenvalue weighted by atomic mass is 19.1. The zero-order valence-electron chi connectivity index (χ0n) is 17.0. The molecular formula is C25H27FN2O2. The molecule has 30 heavy (non-hydrogen) atoms. The Bertz CT molecular complexity index is 971. The average molecular weight is 407 g/mol. The van der Waals surface area contributed by atoms with Gasteiger partial charge >= 0.3 is 0 Å². The van der Waals surface area contributed by atoms with Crippen LogP contribution in [-0.2, 0) is 11.3 Å². The molecule has 1 amide bonds. The van der Waals surface area contributed by atoms with Crippen molar-refractivity contribution < 1.29 is 13.6 Å². The number of benzene rings is 2. The summed E-state index contributed by atoms with van der Waals surface area (Å²) in [6.45, 7) is 2.90. The number of piperidine rings is 1. The van der Waals surface area contributed by atoms with Gasteiger partial charge in [0.05, 0.1) is 12.0 Å². The Morgan fingerprint density at radius 1 is 1.10 bits per heavy atom. The van der Waals surface area contributed by atoms with E-state index in [0.29, 0.717) is 12.3 Å². The van der Waals surface area contributed by atoms with Crippen LogP contribution in [0.2, 0.25) is 0 Å². The van der Waals surface area contributed by atoms with Crippen molar-refractivity contribution in [2.45, 2.75) is 32.2 Å². The van der Waals surface area contributed by atoms with E-state index in [0.717, 1.165) is 50.2 Å². The minimum Gasteiger partial charge on any atom is -0.464 e. The number of hydrogen-bond acceptors (Lipinski definition) is 3. The average Bonchev–Trinajstić information content (AvgIpc) is 3.29. The highest BCUT2D eigenvalue weighted by Gasteiger charge is 2.22. The highest BCUT2D eigenvalue weighted by Crippen LogP contribution is 2.28. The maximum absolute atomic E-state index is 13.7. The molecule has 4 rings (SSSR count). The van der Waals surface area contributed by atoms with Gasteiger partial charge < -0.3 is 9.73 Å². The minimum absolute atomic E-state index is 0.125. The van der Waals surface area contributed by atoms with Gasteiger partial charge in [0.15, 0.2) is 0 Å². The van der Waals surface area contributed by atoms with Crippen molar-refractivity contribution in [3.8, 4) is 11.3 Å². The van der Waals surface area contributed by atoms with Crippen molar-refractivity contribution in [3.63, 3.8) is 0 Å². The van der Waals surface area contributed by atoms with Crippen LogP contribution in [0, 0.1) is 11.7 Å². The van der Waals surface area contributed by atoms with Crippen molar-refractivity contribution in [2.75, 3.05) is 18.4 Å². The number of likely N-dealkylation sites (tertiary alicyclic amines) is 1. The summed E-state index contributed by atoms with van der Waals surface area (Å²) in [4.78, 5) is 14.7. The molecule has 4 nitrogen and oxygen atoms in total. The molecule has 156 valence electrons. The third-order valence-corrected chi connectivity index (χ3v) is 5.73. The summed E-state index contributed by atoms with van der Waals surface area (Å²) in [6, 6.07) is 18.5. The van der Waals surface area contributed by atoms with E-state index < -0.39 is 5.82 Å². The summed E-state index contributed by atoms with van der Waals surface area (Å²) < 4.78 is 19.3. The molecule has 1 saturated heterocycles. The first-order valence-corrected chi connectivity index (χ1v) is 10.6. The fourth-order valence-electron chi connectivity index (χ4n) is 4.21. The lowest BCUT2D eigenvalue weighted by molar-refractivity contribution is -0.116. The molecule has 0 spiro atoms. The Balaban J connectivity index is 1.31. The third-order valence-electron chi connectivity index (χ3n) is 5.73. The Kier molecular flexibility index (Phi) is 6.60. The molecule has 1 aliphatic rings. The van der Waals surface area contributed by atoms with Gasteiger partial charge in [0.1, 0.15) is 11.6 Å². The summed E-state index contributed by atoms with van der Waals surface area (Å²) >= 11 is 0. The van der Waals surface area contributed by atoms with Crippen LogP contribution in [0.5, 0.6) is 0 Å². The first-order valence-electron chi connectivity index (χ1n) is 10.6.